The van der Waals surface area contributed by atoms with Crippen LogP contribution in [0, 0.1) is 5.92 Å². The van der Waals surface area contributed by atoms with E-state index < -0.39 is 10.2 Å². The van der Waals surface area contributed by atoms with Crippen LogP contribution in [0.3, 0.4) is 0 Å². The average Bonchev–Trinajstić information content (AvgIpc) is 2.75. The highest BCUT2D eigenvalue weighted by atomic mass is 32.2. The van der Waals surface area contributed by atoms with Crippen molar-refractivity contribution in [3.8, 4) is 0 Å². The van der Waals surface area contributed by atoms with Gasteiger partial charge in [0.05, 0.1) is 5.69 Å². The predicted octanol–water partition coefficient (Wildman–Crippen LogP) is 0.887. The molecule has 130 valence electrons. The number of aromatic nitrogens is 1. The van der Waals surface area contributed by atoms with Crippen LogP contribution < -0.4 is 5.32 Å². The van der Waals surface area contributed by atoms with Crippen LogP contribution >= 0.6 is 11.3 Å². The van der Waals surface area contributed by atoms with E-state index in [2.05, 4.69) is 20.6 Å². The van der Waals surface area contributed by atoms with E-state index in [1.807, 2.05) is 7.05 Å². The fourth-order valence-corrected chi connectivity index (χ4v) is 5.34. The predicted molar refractivity (Wildman–Crippen MR) is 92.8 cm³/mol. The van der Waals surface area contributed by atoms with Crippen molar-refractivity contribution in [1.29, 1.82) is 0 Å². The van der Waals surface area contributed by atoms with Crippen LogP contribution in [0.2, 0.25) is 0 Å². The minimum absolute atomic E-state index is 0.281. The molecule has 0 amide bonds. The molecule has 3 aliphatic heterocycles. The van der Waals surface area contributed by atoms with E-state index in [9.17, 15) is 8.42 Å². The van der Waals surface area contributed by atoms with Gasteiger partial charge in [0.25, 0.3) is 10.2 Å². The number of hydrogen-bond donors (Lipinski definition) is 1. The SMILES string of the molecule is CNc1nc(CN2C[C@@H]3CC[C@H]2CN(S(=O)(=O)N(C)C)C3)cs1. The molecule has 4 heterocycles. The summed E-state index contributed by atoms with van der Waals surface area (Å²) in [7, 11) is 1.76. The third-order valence-electron chi connectivity index (χ3n) is 4.71. The molecule has 4 rings (SSSR count). The summed E-state index contributed by atoms with van der Waals surface area (Å²) < 4.78 is 27.9. The zero-order chi connectivity index (χ0) is 16.6. The maximum absolute atomic E-state index is 12.5. The van der Waals surface area contributed by atoms with Crippen molar-refractivity contribution in [2.24, 2.45) is 5.92 Å². The lowest BCUT2D eigenvalue weighted by atomic mass is 9.95. The maximum Gasteiger partial charge on any atom is 0.281 e. The number of piperidine rings is 1. The molecule has 23 heavy (non-hydrogen) atoms. The number of nitrogens with one attached hydrogen (secondary N) is 1. The molecule has 9 heteroatoms. The molecule has 3 saturated heterocycles. The Balaban J connectivity index is 1.74. The smallest absolute Gasteiger partial charge is 0.281 e. The highest BCUT2D eigenvalue weighted by molar-refractivity contribution is 7.86. The second-order valence-electron chi connectivity index (χ2n) is 6.53. The molecular weight excluding hydrogens is 334 g/mol. The third-order valence-corrected chi connectivity index (χ3v) is 7.49. The first-order chi connectivity index (χ1) is 10.9. The molecule has 2 bridgehead atoms. The van der Waals surface area contributed by atoms with E-state index in [0.29, 0.717) is 19.0 Å². The Morgan fingerprint density at radius 1 is 1.35 bits per heavy atom. The molecule has 3 aliphatic rings. The van der Waals surface area contributed by atoms with E-state index in [4.69, 9.17) is 0 Å². The van der Waals surface area contributed by atoms with Crippen molar-refractivity contribution in [1.82, 2.24) is 18.5 Å². The monoisotopic (exact) mass is 359 g/mol. The number of anilines is 1. The van der Waals surface area contributed by atoms with Gasteiger partial charge < -0.3 is 5.32 Å². The first-order valence-electron chi connectivity index (χ1n) is 7.94. The second-order valence-corrected chi connectivity index (χ2v) is 9.53. The Morgan fingerprint density at radius 3 is 2.78 bits per heavy atom. The molecule has 1 aromatic heterocycles. The van der Waals surface area contributed by atoms with Crippen LogP contribution in [0.25, 0.3) is 0 Å². The van der Waals surface area contributed by atoms with Gasteiger partial charge in [-0.05, 0) is 18.8 Å². The summed E-state index contributed by atoms with van der Waals surface area (Å²) in [5.74, 6) is 0.408. The Kier molecular flexibility index (Phi) is 4.93. The van der Waals surface area contributed by atoms with Gasteiger partial charge in [-0.1, -0.05) is 0 Å². The van der Waals surface area contributed by atoms with Gasteiger partial charge in [-0.15, -0.1) is 11.3 Å². The van der Waals surface area contributed by atoms with E-state index in [-0.39, 0.29) is 6.04 Å². The van der Waals surface area contributed by atoms with Crippen molar-refractivity contribution in [3.05, 3.63) is 11.1 Å². The van der Waals surface area contributed by atoms with Crippen molar-refractivity contribution >= 4 is 26.7 Å². The Morgan fingerprint density at radius 2 is 2.13 bits per heavy atom. The molecule has 0 aromatic carbocycles. The zero-order valence-electron chi connectivity index (χ0n) is 13.9. The Hall–Kier alpha value is -0.740. The summed E-state index contributed by atoms with van der Waals surface area (Å²) in [6.45, 7) is 2.97. The van der Waals surface area contributed by atoms with Crippen LogP contribution in [-0.2, 0) is 16.8 Å². The molecule has 1 N–H and O–H groups in total. The van der Waals surface area contributed by atoms with Crippen LogP contribution in [0.4, 0.5) is 5.13 Å². The van der Waals surface area contributed by atoms with Gasteiger partial charge in [0.1, 0.15) is 0 Å². The van der Waals surface area contributed by atoms with E-state index >= 15 is 0 Å². The van der Waals surface area contributed by atoms with Crippen LogP contribution in [0.15, 0.2) is 5.38 Å². The molecule has 1 aromatic rings. The standard InChI is InChI=1S/C14H25N5O2S2/c1-15-14-16-12(10-22-14)8-18-6-11-4-5-13(18)9-19(7-11)23(20,21)17(2)3/h10-11,13H,4-9H2,1-3H3,(H,15,16)/t11-,13-/m0/s1. The first-order valence-corrected chi connectivity index (χ1v) is 10.2. The lowest BCUT2D eigenvalue weighted by Gasteiger charge is -2.35. The van der Waals surface area contributed by atoms with Crippen LogP contribution in [0.5, 0.6) is 0 Å². The van der Waals surface area contributed by atoms with Crippen molar-refractivity contribution < 1.29 is 8.42 Å². The molecule has 2 atom stereocenters. The summed E-state index contributed by atoms with van der Waals surface area (Å²) in [5.41, 5.74) is 1.06. The summed E-state index contributed by atoms with van der Waals surface area (Å²) in [6.07, 6.45) is 2.17. The molecule has 0 saturated carbocycles. The highest BCUT2D eigenvalue weighted by Gasteiger charge is 2.39. The van der Waals surface area contributed by atoms with E-state index in [1.165, 1.54) is 4.31 Å². The normalized spacial score (nSPS) is 26.6. The summed E-state index contributed by atoms with van der Waals surface area (Å²) in [4.78, 5) is 6.97. The van der Waals surface area contributed by atoms with Gasteiger partial charge in [0.15, 0.2) is 5.13 Å². The minimum atomic E-state index is -3.33. The number of fused-ring (bicyclic) bond motifs is 4. The molecule has 0 aliphatic carbocycles. The van der Waals surface area contributed by atoms with Gasteiger partial charge in [-0.2, -0.15) is 17.0 Å². The number of hydrogen-bond acceptors (Lipinski definition) is 6. The van der Waals surface area contributed by atoms with Crippen LogP contribution in [0.1, 0.15) is 18.5 Å². The Bertz CT molecular complexity index is 645. The van der Waals surface area contributed by atoms with Crippen molar-refractivity contribution in [3.63, 3.8) is 0 Å². The van der Waals surface area contributed by atoms with E-state index in [0.717, 1.165) is 36.8 Å². The quantitative estimate of drug-likeness (QED) is 0.845. The molecule has 0 radical (unpaired) electrons. The molecule has 7 nitrogen and oxygen atoms in total. The van der Waals surface area contributed by atoms with Crippen molar-refractivity contribution in [2.45, 2.75) is 25.4 Å². The number of rotatable bonds is 5. The van der Waals surface area contributed by atoms with Gasteiger partial charge in [-0.3, -0.25) is 4.90 Å². The summed E-state index contributed by atoms with van der Waals surface area (Å²) >= 11 is 1.61. The van der Waals surface area contributed by atoms with Gasteiger partial charge in [-0.25, -0.2) is 4.98 Å². The topological polar surface area (TPSA) is 68.8 Å². The molecular formula is C14H25N5O2S2. The van der Waals surface area contributed by atoms with Crippen molar-refractivity contribution in [2.75, 3.05) is 46.1 Å². The fourth-order valence-electron chi connectivity index (χ4n) is 3.45. The van der Waals surface area contributed by atoms with E-state index in [1.54, 1.807) is 29.7 Å². The first kappa shape index (κ1) is 17.1. The summed E-state index contributed by atoms with van der Waals surface area (Å²) in [5, 5.41) is 6.08. The molecule has 3 fully saturated rings. The van der Waals surface area contributed by atoms with Gasteiger partial charge in [0, 0.05) is 58.7 Å². The maximum atomic E-state index is 12.5. The minimum Gasteiger partial charge on any atom is -0.365 e. The average molecular weight is 360 g/mol. The van der Waals surface area contributed by atoms with Gasteiger partial charge >= 0.3 is 0 Å². The third kappa shape index (κ3) is 3.53. The highest BCUT2D eigenvalue weighted by Crippen LogP contribution is 2.31. The number of nitrogens with zero attached hydrogens (tertiary/aromatic N) is 4. The number of thiazole rings is 1. The van der Waals surface area contributed by atoms with Crippen LogP contribution in [-0.4, -0.2) is 73.7 Å². The lowest BCUT2D eigenvalue weighted by molar-refractivity contribution is 0.124. The largest absolute Gasteiger partial charge is 0.365 e. The lowest BCUT2D eigenvalue weighted by Crippen LogP contribution is -2.45. The second kappa shape index (κ2) is 6.64. The fraction of sp³-hybridized carbons (Fsp3) is 0.786. The Labute approximate surface area is 142 Å². The van der Waals surface area contributed by atoms with Gasteiger partial charge in [0.2, 0.25) is 0 Å². The molecule has 0 spiro atoms. The zero-order valence-corrected chi connectivity index (χ0v) is 15.5. The summed E-state index contributed by atoms with van der Waals surface area (Å²) in [6, 6.07) is 0.281. The molecule has 0 unspecified atom stereocenters.